The Morgan fingerprint density at radius 3 is 2.68 bits per heavy atom. The molecule has 2 aromatic rings. The molecule has 25 heavy (non-hydrogen) atoms. The Bertz CT molecular complexity index is 842. The van der Waals surface area contributed by atoms with E-state index in [1.54, 1.807) is 0 Å². The zero-order valence-electron chi connectivity index (χ0n) is 12.9. The Labute approximate surface area is 150 Å². The van der Waals surface area contributed by atoms with Gasteiger partial charge < -0.3 is 15.2 Å². The van der Waals surface area contributed by atoms with Crippen molar-refractivity contribution in [2.24, 2.45) is 5.10 Å². The summed E-state index contributed by atoms with van der Waals surface area (Å²) in [5.41, 5.74) is 2.41. The van der Waals surface area contributed by atoms with Gasteiger partial charge in [0.25, 0.3) is 0 Å². The molecule has 2 amide bonds. The van der Waals surface area contributed by atoms with Gasteiger partial charge in [0.05, 0.1) is 19.0 Å². The summed E-state index contributed by atoms with van der Waals surface area (Å²) in [7, 11) is 1.39. The van der Waals surface area contributed by atoms with E-state index < -0.39 is 17.6 Å². The topological polar surface area (TPSA) is 100 Å². The first-order valence-corrected chi connectivity index (χ1v) is 7.66. The average molecular weight is 410 g/mol. The van der Waals surface area contributed by atoms with Crippen LogP contribution in [0.4, 0.5) is 10.1 Å². The van der Waals surface area contributed by atoms with Crippen LogP contribution in [0, 0.1) is 5.82 Å². The van der Waals surface area contributed by atoms with Gasteiger partial charge in [-0.05, 0) is 42.0 Å². The molecule has 0 saturated heterocycles. The van der Waals surface area contributed by atoms with Gasteiger partial charge >= 0.3 is 11.8 Å². The van der Waals surface area contributed by atoms with Crippen LogP contribution in [0.5, 0.6) is 11.5 Å². The van der Waals surface area contributed by atoms with Crippen LogP contribution in [0.15, 0.2) is 46.0 Å². The standard InChI is InChI=1S/C16H13BrFN3O4/c1-25-14-6-9(2-5-13(14)22)8-19-21-16(24)15(23)20-12-4-3-10(17)7-11(12)18/h2-8,22H,1H3,(H,20,23)(H,21,24). The van der Waals surface area contributed by atoms with Crippen molar-refractivity contribution in [3.8, 4) is 11.5 Å². The van der Waals surface area contributed by atoms with Crippen molar-refractivity contribution in [1.82, 2.24) is 5.43 Å². The lowest BCUT2D eigenvalue weighted by Crippen LogP contribution is -2.32. The van der Waals surface area contributed by atoms with Gasteiger partial charge in [-0.25, -0.2) is 9.82 Å². The molecule has 0 saturated carbocycles. The largest absolute Gasteiger partial charge is 0.504 e. The van der Waals surface area contributed by atoms with Crippen LogP contribution in [-0.2, 0) is 9.59 Å². The van der Waals surface area contributed by atoms with Gasteiger partial charge in [-0.3, -0.25) is 9.59 Å². The van der Waals surface area contributed by atoms with E-state index in [1.807, 2.05) is 5.43 Å². The van der Waals surface area contributed by atoms with Crippen LogP contribution < -0.4 is 15.5 Å². The molecule has 0 atom stereocenters. The number of hydrogen-bond acceptors (Lipinski definition) is 5. The Hall–Kier alpha value is -2.94. The van der Waals surface area contributed by atoms with Gasteiger partial charge in [0.1, 0.15) is 5.82 Å². The monoisotopic (exact) mass is 409 g/mol. The number of carbonyl (C=O) groups is 2. The number of phenols is 1. The number of halogens is 2. The third-order valence-electron chi connectivity index (χ3n) is 2.97. The smallest absolute Gasteiger partial charge is 0.329 e. The molecule has 0 aliphatic carbocycles. The summed E-state index contributed by atoms with van der Waals surface area (Å²) in [5.74, 6) is -2.63. The molecule has 0 radical (unpaired) electrons. The van der Waals surface area contributed by atoms with E-state index in [1.165, 1.54) is 43.7 Å². The molecule has 0 unspecified atom stereocenters. The van der Waals surface area contributed by atoms with E-state index in [0.717, 1.165) is 6.07 Å². The lowest BCUT2D eigenvalue weighted by molar-refractivity contribution is -0.136. The molecule has 0 heterocycles. The van der Waals surface area contributed by atoms with Gasteiger partial charge in [0.15, 0.2) is 11.5 Å². The van der Waals surface area contributed by atoms with Crippen LogP contribution in [-0.4, -0.2) is 30.2 Å². The highest BCUT2D eigenvalue weighted by Crippen LogP contribution is 2.25. The van der Waals surface area contributed by atoms with Crippen molar-refractivity contribution in [3.05, 3.63) is 52.3 Å². The van der Waals surface area contributed by atoms with E-state index in [9.17, 15) is 19.1 Å². The van der Waals surface area contributed by atoms with Gasteiger partial charge in [-0.15, -0.1) is 0 Å². The second-order valence-electron chi connectivity index (χ2n) is 4.71. The van der Waals surface area contributed by atoms with Gasteiger partial charge in [0, 0.05) is 4.47 Å². The molecule has 0 aromatic heterocycles. The predicted octanol–water partition coefficient (Wildman–Crippen LogP) is 2.39. The zero-order valence-corrected chi connectivity index (χ0v) is 14.5. The normalized spacial score (nSPS) is 10.5. The summed E-state index contributed by atoms with van der Waals surface area (Å²) >= 11 is 3.09. The Balaban J connectivity index is 1.96. The maximum Gasteiger partial charge on any atom is 0.329 e. The van der Waals surface area contributed by atoms with Crippen molar-refractivity contribution in [3.63, 3.8) is 0 Å². The first-order chi connectivity index (χ1) is 11.9. The summed E-state index contributed by atoms with van der Waals surface area (Å²) in [5, 5.41) is 15.2. The fraction of sp³-hybridized carbons (Fsp3) is 0.0625. The third-order valence-corrected chi connectivity index (χ3v) is 3.46. The minimum Gasteiger partial charge on any atom is -0.504 e. The molecule has 130 valence electrons. The zero-order chi connectivity index (χ0) is 18.4. The molecule has 7 nitrogen and oxygen atoms in total. The quantitative estimate of drug-likeness (QED) is 0.410. The molecule has 9 heteroatoms. The van der Waals surface area contributed by atoms with Crippen molar-refractivity contribution >= 4 is 39.6 Å². The third kappa shape index (κ3) is 5.01. The highest BCUT2D eigenvalue weighted by Gasteiger charge is 2.15. The first kappa shape index (κ1) is 18.4. The van der Waals surface area contributed by atoms with Crippen LogP contribution in [0.1, 0.15) is 5.56 Å². The number of rotatable bonds is 4. The summed E-state index contributed by atoms with van der Waals surface area (Å²) < 4.78 is 19.0. The lowest BCUT2D eigenvalue weighted by Gasteiger charge is -2.05. The minimum atomic E-state index is -1.07. The number of nitrogens with zero attached hydrogens (tertiary/aromatic N) is 1. The molecule has 3 N–H and O–H groups in total. The predicted molar refractivity (Wildman–Crippen MR) is 93.1 cm³/mol. The molecule has 0 aliphatic heterocycles. The number of carbonyl (C=O) groups excluding carboxylic acids is 2. The lowest BCUT2D eigenvalue weighted by atomic mass is 10.2. The van der Waals surface area contributed by atoms with Crippen LogP contribution >= 0.6 is 15.9 Å². The van der Waals surface area contributed by atoms with Crippen molar-refractivity contribution in [1.29, 1.82) is 0 Å². The Morgan fingerprint density at radius 2 is 2.00 bits per heavy atom. The first-order valence-electron chi connectivity index (χ1n) is 6.87. The van der Waals surface area contributed by atoms with Gasteiger partial charge in [-0.2, -0.15) is 5.10 Å². The molecule has 2 rings (SSSR count). The maximum atomic E-state index is 13.6. The number of anilines is 1. The van der Waals surface area contributed by atoms with E-state index in [4.69, 9.17) is 4.74 Å². The summed E-state index contributed by atoms with van der Waals surface area (Å²) in [6, 6.07) is 8.41. The number of nitrogens with one attached hydrogen (secondary N) is 2. The Morgan fingerprint density at radius 1 is 1.24 bits per heavy atom. The number of methoxy groups -OCH3 is 1. The minimum absolute atomic E-state index is 0.0420. The van der Waals surface area contributed by atoms with Gasteiger partial charge in [0.2, 0.25) is 0 Å². The number of amides is 2. The van der Waals surface area contributed by atoms with E-state index in [2.05, 4.69) is 26.3 Å². The molecule has 0 aliphatic rings. The second kappa shape index (κ2) is 8.25. The number of ether oxygens (including phenoxy) is 1. The van der Waals surface area contributed by atoms with Crippen molar-refractivity contribution in [2.75, 3.05) is 12.4 Å². The molecule has 0 bridgehead atoms. The maximum absolute atomic E-state index is 13.6. The fourth-order valence-corrected chi connectivity index (χ4v) is 2.09. The number of hydrazone groups is 1. The fourth-order valence-electron chi connectivity index (χ4n) is 1.76. The summed E-state index contributed by atoms with van der Waals surface area (Å²) in [4.78, 5) is 23.4. The van der Waals surface area contributed by atoms with Crippen molar-refractivity contribution < 1.29 is 23.8 Å². The number of benzene rings is 2. The molecular formula is C16H13BrFN3O4. The second-order valence-corrected chi connectivity index (χ2v) is 5.62. The highest BCUT2D eigenvalue weighted by atomic mass is 79.9. The van der Waals surface area contributed by atoms with Crippen LogP contribution in [0.3, 0.4) is 0 Å². The van der Waals surface area contributed by atoms with E-state index in [-0.39, 0.29) is 17.2 Å². The molecule has 2 aromatic carbocycles. The Kier molecular flexibility index (Phi) is 6.07. The van der Waals surface area contributed by atoms with Crippen LogP contribution in [0.2, 0.25) is 0 Å². The van der Waals surface area contributed by atoms with Crippen LogP contribution in [0.25, 0.3) is 0 Å². The van der Waals surface area contributed by atoms with E-state index in [0.29, 0.717) is 10.0 Å². The highest BCUT2D eigenvalue weighted by molar-refractivity contribution is 9.10. The molecular weight excluding hydrogens is 397 g/mol. The SMILES string of the molecule is COc1cc(C=NNC(=O)C(=O)Nc2ccc(Br)cc2F)ccc1O. The van der Waals surface area contributed by atoms with E-state index >= 15 is 0 Å². The number of phenolic OH excluding ortho intramolecular Hbond substituents is 1. The number of aromatic hydroxyl groups is 1. The van der Waals surface area contributed by atoms with Gasteiger partial charge in [-0.1, -0.05) is 15.9 Å². The van der Waals surface area contributed by atoms with Crippen molar-refractivity contribution in [2.45, 2.75) is 0 Å². The molecule has 0 fully saturated rings. The average Bonchev–Trinajstić information content (AvgIpc) is 2.58. The molecule has 0 spiro atoms. The number of hydrogen-bond donors (Lipinski definition) is 3. The summed E-state index contributed by atoms with van der Waals surface area (Å²) in [6.45, 7) is 0. The summed E-state index contributed by atoms with van der Waals surface area (Å²) in [6.07, 6.45) is 1.26.